The van der Waals surface area contributed by atoms with Crippen molar-refractivity contribution in [2.24, 2.45) is 0 Å². The zero-order chi connectivity index (χ0) is 18.8. The first kappa shape index (κ1) is 17.9. The fourth-order valence-corrected chi connectivity index (χ4v) is 4.76. The Morgan fingerprint density at radius 2 is 2.19 bits per heavy atom. The number of fused-ring (bicyclic) bond motifs is 1. The van der Waals surface area contributed by atoms with Gasteiger partial charge in [-0.05, 0) is 56.1 Å². The number of para-hydroxylation sites is 1. The van der Waals surface area contributed by atoms with E-state index < -0.39 is 0 Å². The lowest BCUT2D eigenvalue weighted by Gasteiger charge is -2.22. The van der Waals surface area contributed by atoms with Gasteiger partial charge < -0.3 is 10.1 Å². The molecule has 2 aromatic carbocycles. The van der Waals surface area contributed by atoms with Crippen LogP contribution in [0.3, 0.4) is 0 Å². The molecule has 3 aromatic rings. The van der Waals surface area contributed by atoms with Crippen LogP contribution in [-0.4, -0.2) is 36.0 Å². The number of carbonyl (C=O) groups is 1. The van der Waals surface area contributed by atoms with Crippen molar-refractivity contribution in [2.75, 3.05) is 25.5 Å². The van der Waals surface area contributed by atoms with Gasteiger partial charge >= 0.3 is 0 Å². The van der Waals surface area contributed by atoms with Gasteiger partial charge in [-0.25, -0.2) is 4.98 Å². The van der Waals surface area contributed by atoms with Crippen molar-refractivity contribution < 1.29 is 9.53 Å². The number of carbonyl (C=O) groups excluding carboxylic acids is 1. The molecule has 4 rings (SSSR count). The van der Waals surface area contributed by atoms with Crippen molar-refractivity contribution in [3.8, 4) is 5.75 Å². The predicted molar refractivity (Wildman–Crippen MR) is 110 cm³/mol. The van der Waals surface area contributed by atoms with Crippen molar-refractivity contribution in [3.63, 3.8) is 0 Å². The summed E-state index contributed by atoms with van der Waals surface area (Å²) in [6.45, 7) is 3.27. The standard InChI is InChI=1S/C21H23N3O2S/c1-14-9-10-18(26-2)16(12-14)22-20(25)13-24-11-5-7-17(24)21-23-15-6-3-4-8-19(15)27-21/h3-4,6,8-10,12,17H,5,7,11,13H2,1-2H3,(H,22,25)/t17-/m1/s1. The highest BCUT2D eigenvalue weighted by atomic mass is 32.1. The number of anilines is 1. The van der Waals surface area contributed by atoms with Crippen LogP contribution in [-0.2, 0) is 4.79 Å². The van der Waals surface area contributed by atoms with Gasteiger partial charge in [-0.2, -0.15) is 0 Å². The Labute approximate surface area is 163 Å². The van der Waals surface area contributed by atoms with Crippen molar-refractivity contribution in [1.29, 1.82) is 0 Å². The van der Waals surface area contributed by atoms with Crippen LogP contribution in [0.1, 0.15) is 29.5 Å². The van der Waals surface area contributed by atoms with Crippen molar-refractivity contribution in [3.05, 3.63) is 53.0 Å². The Bertz CT molecular complexity index is 936. The molecule has 0 bridgehead atoms. The molecular formula is C21H23N3O2S. The number of hydrogen-bond acceptors (Lipinski definition) is 5. The Hall–Kier alpha value is -2.44. The summed E-state index contributed by atoms with van der Waals surface area (Å²) >= 11 is 1.73. The molecule has 1 fully saturated rings. The molecule has 27 heavy (non-hydrogen) atoms. The maximum atomic E-state index is 12.7. The third-order valence-electron chi connectivity index (χ3n) is 4.93. The van der Waals surface area contributed by atoms with E-state index >= 15 is 0 Å². The SMILES string of the molecule is COc1ccc(C)cc1NC(=O)CN1CCC[C@@H]1c1nc2ccccc2s1. The fourth-order valence-electron chi connectivity index (χ4n) is 3.62. The topological polar surface area (TPSA) is 54.5 Å². The zero-order valence-corrected chi connectivity index (χ0v) is 16.4. The highest BCUT2D eigenvalue weighted by Crippen LogP contribution is 2.36. The highest BCUT2D eigenvalue weighted by Gasteiger charge is 2.30. The largest absolute Gasteiger partial charge is 0.495 e. The second-order valence-electron chi connectivity index (χ2n) is 6.90. The fraction of sp³-hybridized carbons (Fsp3) is 0.333. The Morgan fingerprint density at radius 1 is 1.33 bits per heavy atom. The van der Waals surface area contributed by atoms with Gasteiger partial charge in [-0.15, -0.1) is 11.3 Å². The van der Waals surface area contributed by atoms with Crippen LogP contribution < -0.4 is 10.1 Å². The van der Waals surface area contributed by atoms with E-state index in [4.69, 9.17) is 9.72 Å². The molecule has 0 aliphatic carbocycles. The number of nitrogens with zero attached hydrogens (tertiary/aromatic N) is 2. The minimum atomic E-state index is -0.0214. The van der Waals surface area contributed by atoms with E-state index in [9.17, 15) is 4.79 Å². The van der Waals surface area contributed by atoms with Gasteiger partial charge in [0.2, 0.25) is 5.91 Å². The molecule has 1 amide bonds. The van der Waals surface area contributed by atoms with Crippen LogP contribution in [0.25, 0.3) is 10.2 Å². The molecular weight excluding hydrogens is 358 g/mol. The summed E-state index contributed by atoms with van der Waals surface area (Å²) < 4.78 is 6.56. The summed E-state index contributed by atoms with van der Waals surface area (Å²) in [6, 6.07) is 14.2. The average molecular weight is 382 g/mol. The molecule has 1 aliphatic rings. The van der Waals surface area contributed by atoms with Gasteiger partial charge in [0.1, 0.15) is 10.8 Å². The number of rotatable bonds is 5. The Kier molecular flexibility index (Phi) is 5.09. The first-order valence-electron chi connectivity index (χ1n) is 9.18. The van der Waals surface area contributed by atoms with Crippen LogP contribution in [0.5, 0.6) is 5.75 Å². The van der Waals surface area contributed by atoms with Gasteiger partial charge in [0.15, 0.2) is 0 Å². The molecule has 140 valence electrons. The average Bonchev–Trinajstić information content (AvgIpc) is 3.28. The molecule has 1 aliphatic heterocycles. The molecule has 1 aromatic heterocycles. The number of nitrogens with one attached hydrogen (secondary N) is 1. The number of methoxy groups -OCH3 is 1. The van der Waals surface area contributed by atoms with Crippen LogP contribution in [0.15, 0.2) is 42.5 Å². The number of ether oxygens (including phenoxy) is 1. The van der Waals surface area contributed by atoms with E-state index in [2.05, 4.69) is 16.3 Å². The van der Waals surface area contributed by atoms with Gasteiger partial charge in [0, 0.05) is 0 Å². The van der Waals surface area contributed by atoms with Crippen LogP contribution in [0.2, 0.25) is 0 Å². The van der Waals surface area contributed by atoms with E-state index in [1.165, 1.54) is 4.70 Å². The maximum absolute atomic E-state index is 12.7. The van der Waals surface area contributed by atoms with Crippen molar-refractivity contribution in [1.82, 2.24) is 9.88 Å². The first-order valence-corrected chi connectivity index (χ1v) is 9.99. The summed E-state index contributed by atoms with van der Waals surface area (Å²) in [5.74, 6) is 0.657. The molecule has 0 saturated carbocycles. The maximum Gasteiger partial charge on any atom is 0.238 e. The van der Waals surface area contributed by atoms with Gasteiger partial charge in [-0.3, -0.25) is 9.69 Å². The molecule has 0 unspecified atom stereocenters. The first-order chi connectivity index (χ1) is 13.1. The third kappa shape index (κ3) is 3.82. The molecule has 1 saturated heterocycles. The zero-order valence-electron chi connectivity index (χ0n) is 15.6. The summed E-state index contributed by atoms with van der Waals surface area (Å²) in [5, 5.41) is 4.11. The van der Waals surface area contributed by atoms with E-state index in [-0.39, 0.29) is 11.9 Å². The lowest BCUT2D eigenvalue weighted by atomic mass is 10.2. The van der Waals surface area contributed by atoms with Gasteiger partial charge in [0.05, 0.1) is 35.6 Å². The van der Waals surface area contributed by atoms with Crippen LogP contribution >= 0.6 is 11.3 Å². The Balaban J connectivity index is 1.48. The minimum Gasteiger partial charge on any atom is -0.495 e. The normalized spacial score (nSPS) is 17.3. The predicted octanol–water partition coefficient (Wildman–Crippen LogP) is 4.39. The number of benzene rings is 2. The molecule has 2 heterocycles. The second kappa shape index (κ2) is 7.66. The second-order valence-corrected chi connectivity index (χ2v) is 7.96. The monoisotopic (exact) mass is 381 g/mol. The molecule has 1 atom stereocenters. The molecule has 0 spiro atoms. The number of aromatic nitrogens is 1. The van der Waals surface area contributed by atoms with Crippen molar-refractivity contribution >= 4 is 33.1 Å². The lowest BCUT2D eigenvalue weighted by molar-refractivity contribution is -0.117. The molecule has 5 nitrogen and oxygen atoms in total. The number of hydrogen-bond donors (Lipinski definition) is 1. The number of likely N-dealkylation sites (tertiary alicyclic amines) is 1. The van der Waals surface area contributed by atoms with Gasteiger partial charge in [0.25, 0.3) is 0 Å². The smallest absolute Gasteiger partial charge is 0.238 e. The van der Waals surface area contributed by atoms with Crippen LogP contribution in [0, 0.1) is 6.92 Å². The van der Waals surface area contributed by atoms with E-state index in [1.807, 2.05) is 43.3 Å². The summed E-state index contributed by atoms with van der Waals surface area (Å²) in [5.41, 5.74) is 2.84. The number of amides is 1. The van der Waals surface area contributed by atoms with E-state index in [0.29, 0.717) is 12.3 Å². The molecule has 6 heteroatoms. The minimum absolute atomic E-state index is 0.0214. The number of thiazole rings is 1. The number of aryl methyl sites for hydroxylation is 1. The third-order valence-corrected chi connectivity index (χ3v) is 6.07. The highest BCUT2D eigenvalue weighted by molar-refractivity contribution is 7.18. The summed E-state index contributed by atoms with van der Waals surface area (Å²) in [6.07, 6.45) is 2.13. The van der Waals surface area contributed by atoms with Gasteiger partial charge in [-0.1, -0.05) is 18.2 Å². The quantitative estimate of drug-likeness (QED) is 0.712. The van der Waals surface area contributed by atoms with Crippen molar-refractivity contribution in [2.45, 2.75) is 25.8 Å². The summed E-state index contributed by atoms with van der Waals surface area (Å²) in [4.78, 5) is 19.7. The van der Waals surface area contributed by atoms with E-state index in [0.717, 1.165) is 41.2 Å². The molecule has 1 N–H and O–H groups in total. The lowest BCUT2D eigenvalue weighted by Crippen LogP contribution is -2.33. The molecule has 0 radical (unpaired) electrons. The summed E-state index contributed by atoms with van der Waals surface area (Å²) in [7, 11) is 1.62. The van der Waals surface area contributed by atoms with Crippen LogP contribution in [0.4, 0.5) is 5.69 Å². The Morgan fingerprint density at radius 3 is 3.00 bits per heavy atom. The van der Waals surface area contributed by atoms with E-state index in [1.54, 1.807) is 18.4 Å².